The van der Waals surface area contributed by atoms with Crippen LogP contribution in [0.3, 0.4) is 0 Å². The molecular weight excluding hydrogens is 348 g/mol. The van der Waals surface area contributed by atoms with E-state index in [9.17, 15) is 9.59 Å². The normalized spacial score (nSPS) is 18.8. The molecule has 27 heavy (non-hydrogen) atoms. The van der Waals surface area contributed by atoms with Crippen molar-refractivity contribution >= 4 is 12.0 Å². The standard InChI is InChI=1S/C20H28N2O5/c1-25-10-11-27-19(24)21-8-6-20(7-9-21)13-18(23)22(15-20)14-16-4-3-5-17(12-16)26-2/h3-5,12H,6-11,13-15H2,1-2H3. The van der Waals surface area contributed by atoms with E-state index >= 15 is 0 Å². The smallest absolute Gasteiger partial charge is 0.409 e. The third-order valence-corrected chi connectivity index (χ3v) is 5.51. The summed E-state index contributed by atoms with van der Waals surface area (Å²) in [4.78, 5) is 28.3. The number of methoxy groups -OCH3 is 2. The predicted molar refractivity (Wildman–Crippen MR) is 99.5 cm³/mol. The number of carbonyl (C=O) groups is 2. The Bertz CT molecular complexity index is 670. The lowest BCUT2D eigenvalue weighted by Crippen LogP contribution is -2.44. The van der Waals surface area contributed by atoms with Crippen molar-refractivity contribution in [2.45, 2.75) is 25.8 Å². The van der Waals surface area contributed by atoms with E-state index in [1.54, 1.807) is 19.1 Å². The summed E-state index contributed by atoms with van der Waals surface area (Å²) in [5, 5.41) is 0. The highest BCUT2D eigenvalue weighted by molar-refractivity contribution is 5.79. The largest absolute Gasteiger partial charge is 0.497 e. The van der Waals surface area contributed by atoms with Gasteiger partial charge in [-0.2, -0.15) is 0 Å². The molecule has 2 aliphatic heterocycles. The molecule has 0 radical (unpaired) electrons. The number of likely N-dealkylation sites (tertiary alicyclic amines) is 2. The molecule has 148 valence electrons. The number of hydrogen-bond acceptors (Lipinski definition) is 5. The topological polar surface area (TPSA) is 68.3 Å². The lowest BCUT2D eigenvalue weighted by molar-refractivity contribution is -0.128. The van der Waals surface area contributed by atoms with E-state index in [1.165, 1.54) is 0 Å². The molecule has 2 saturated heterocycles. The summed E-state index contributed by atoms with van der Waals surface area (Å²) in [7, 11) is 3.22. The number of carbonyl (C=O) groups excluding carboxylic acids is 2. The Morgan fingerprint density at radius 3 is 2.67 bits per heavy atom. The molecule has 0 atom stereocenters. The summed E-state index contributed by atoms with van der Waals surface area (Å²) < 4.78 is 15.3. The fourth-order valence-corrected chi connectivity index (χ4v) is 3.92. The maximum atomic E-state index is 12.6. The van der Waals surface area contributed by atoms with E-state index in [0.717, 1.165) is 30.7 Å². The van der Waals surface area contributed by atoms with Gasteiger partial charge in [0.25, 0.3) is 0 Å². The minimum absolute atomic E-state index is 0.0285. The van der Waals surface area contributed by atoms with Crippen LogP contribution in [-0.4, -0.2) is 68.9 Å². The van der Waals surface area contributed by atoms with Crippen molar-refractivity contribution in [3.63, 3.8) is 0 Å². The Morgan fingerprint density at radius 1 is 1.19 bits per heavy atom. The molecular formula is C20H28N2O5. The van der Waals surface area contributed by atoms with Crippen LogP contribution < -0.4 is 4.74 Å². The van der Waals surface area contributed by atoms with Crippen molar-refractivity contribution in [2.24, 2.45) is 5.41 Å². The molecule has 2 aliphatic rings. The van der Waals surface area contributed by atoms with Crippen LogP contribution >= 0.6 is 0 Å². The number of benzene rings is 1. The average molecular weight is 376 g/mol. The molecule has 1 spiro atoms. The maximum absolute atomic E-state index is 12.6. The van der Waals surface area contributed by atoms with Crippen molar-refractivity contribution in [1.29, 1.82) is 0 Å². The maximum Gasteiger partial charge on any atom is 0.409 e. The van der Waals surface area contributed by atoms with Crippen LogP contribution in [0.2, 0.25) is 0 Å². The zero-order valence-electron chi connectivity index (χ0n) is 16.1. The summed E-state index contributed by atoms with van der Waals surface area (Å²) >= 11 is 0. The number of ether oxygens (including phenoxy) is 3. The Balaban J connectivity index is 1.53. The molecule has 1 aromatic rings. The second-order valence-corrected chi connectivity index (χ2v) is 7.37. The van der Waals surface area contributed by atoms with E-state index in [2.05, 4.69) is 0 Å². The predicted octanol–water partition coefficient (Wildman–Crippen LogP) is 2.29. The molecule has 2 fully saturated rings. The molecule has 2 heterocycles. The molecule has 0 aliphatic carbocycles. The SMILES string of the molecule is COCCOC(=O)N1CCC2(CC1)CC(=O)N(Cc1cccc(OC)c1)C2. The molecule has 7 heteroatoms. The highest BCUT2D eigenvalue weighted by atomic mass is 16.6. The van der Waals surface area contributed by atoms with Gasteiger partial charge in [-0.1, -0.05) is 12.1 Å². The lowest BCUT2D eigenvalue weighted by atomic mass is 9.78. The first-order chi connectivity index (χ1) is 13.0. The van der Waals surface area contributed by atoms with E-state index in [4.69, 9.17) is 14.2 Å². The molecule has 0 unspecified atom stereocenters. The van der Waals surface area contributed by atoms with Crippen LogP contribution in [0.5, 0.6) is 5.75 Å². The van der Waals surface area contributed by atoms with Gasteiger partial charge in [-0.05, 0) is 30.5 Å². The van der Waals surface area contributed by atoms with Gasteiger partial charge >= 0.3 is 6.09 Å². The Kier molecular flexibility index (Phi) is 6.21. The second-order valence-electron chi connectivity index (χ2n) is 7.37. The third-order valence-electron chi connectivity index (χ3n) is 5.51. The fraction of sp³-hybridized carbons (Fsp3) is 0.600. The minimum atomic E-state index is -0.292. The fourth-order valence-electron chi connectivity index (χ4n) is 3.92. The third kappa shape index (κ3) is 4.71. The molecule has 0 N–H and O–H groups in total. The van der Waals surface area contributed by atoms with Gasteiger partial charge in [0.2, 0.25) is 5.91 Å². The number of nitrogens with zero attached hydrogens (tertiary/aromatic N) is 2. The quantitative estimate of drug-likeness (QED) is 0.713. The highest BCUT2D eigenvalue weighted by Crippen LogP contribution is 2.41. The first-order valence-electron chi connectivity index (χ1n) is 9.37. The zero-order chi connectivity index (χ0) is 19.3. The summed E-state index contributed by atoms with van der Waals surface area (Å²) in [5.74, 6) is 0.989. The Hall–Kier alpha value is -2.28. The van der Waals surface area contributed by atoms with Crippen LogP contribution in [0, 0.1) is 5.41 Å². The minimum Gasteiger partial charge on any atom is -0.497 e. The molecule has 7 nitrogen and oxygen atoms in total. The van der Waals surface area contributed by atoms with Gasteiger partial charge in [-0.3, -0.25) is 4.79 Å². The zero-order valence-corrected chi connectivity index (χ0v) is 16.1. The number of hydrogen-bond donors (Lipinski definition) is 0. The van der Waals surface area contributed by atoms with Crippen molar-refractivity contribution in [3.05, 3.63) is 29.8 Å². The Labute approximate surface area is 160 Å². The summed E-state index contributed by atoms with van der Waals surface area (Å²) in [6.07, 6.45) is 1.92. The summed E-state index contributed by atoms with van der Waals surface area (Å²) in [6.45, 7) is 3.27. The summed E-state index contributed by atoms with van der Waals surface area (Å²) in [6, 6.07) is 7.83. The summed E-state index contributed by atoms with van der Waals surface area (Å²) in [5.41, 5.74) is 1.04. The molecule has 0 bridgehead atoms. The number of rotatable bonds is 6. The second kappa shape index (κ2) is 8.61. The van der Waals surface area contributed by atoms with Crippen LogP contribution in [0.15, 0.2) is 24.3 Å². The van der Waals surface area contributed by atoms with Gasteiger partial charge in [-0.15, -0.1) is 0 Å². The lowest BCUT2D eigenvalue weighted by Gasteiger charge is -2.38. The van der Waals surface area contributed by atoms with Crippen molar-refractivity contribution in [1.82, 2.24) is 9.80 Å². The molecule has 2 amide bonds. The van der Waals surface area contributed by atoms with Gasteiger partial charge in [-0.25, -0.2) is 4.79 Å². The number of amides is 2. The van der Waals surface area contributed by atoms with E-state index in [0.29, 0.717) is 32.7 Å². The molecule has 0 saturated carbocycles. The number of piperidine rings is 1. The van der Waals surface area contributed by atoms with E-state index in [-0.39, 0.29) is 24.0 Å². The highest BCUT2D eigenvalue weighted by Gasteiger charge is 2.45. The average Bonchev–Trinajstić information content (AvgIpc) is 2.97. The molecule has 3 rings (SSSR count). The van der Waals surface area contributed by atoms with Crippen LogP contribution in [0.4, 0.5) is 4.79 Å². The van der Waals surface area contributed by atoms with Gasteiger partial charge in [0.1, 0.15) is 12.4 Å². The molecule has 0 aromatic heterocycles. The van der Waals surface area contributed by atoms with Crippen molar-refractivity contribution < 1.29 is 23.8 Å². The van der Waals surface area contributed by atoms with E-state index < -0.39 is 0 Å². The molecule has 1 aromatic carbocycles. The van der Waals surface area contributed by atoms with Crippen LogP contribution in [0.25, 0.3) is 0 Å². The first kappa shape index (κ1) is 19.5. The van der Waals surface area contributed by atoms with E-state index in [1.807, 2.05) is 29.2 Å². The van der Waals surface area contributed by atoms with Gasteiger partial charge in [0.05, 0.1) is 13.7 Å². The first-order valence-corrected chi connectivity index (χ1v) is 9.37. The van der Waals surface area contributed by atoms with Gasteiger partial charge < -0.3 is 24.0 Å². The van der Waals surface area contributed by atoms with Crippen molar-refractivity contribution in [3.8, 4) is 5.75 Å². The Morgan fingerprint density at radius 2 is 1.96 bits per heavy atom. The van der Waals surface area contributed by atoms with Gasteiger partial charge in [0, 0.05) is 45.1 Å². The van der Waals surface area contributed by atoms with Gasteiger partial charge in [0.15, 0.2) is 0 Å². The monoisotopic (exact) mass is 376 g/mol. The van der Waals surface area contributed by atoms with Crippen LogP contribution in [0.1, 0.15) is 24.8 Å². The van der Waals surface area contributed by atoms with Crippen LogP contribution in [-0.2, 0) is 20.8 Å². The van der Waals surface area contributed by atoms with Crippen molar-refractivity contribution in [2.75, 3.05) is 47.1 Å².